The molecule has 0 radical (unpaired) electrons. The number of nitrogens with one attached hydrogen (secondary N) is 1. The first-order valence-corrected chi connectivity index (χ1v) is 11.8. The first kappa shape index (κ1) is 18.9. The van der Waals surface area contributed by atoms with E-state index in [1.807, 2.05) is 0 Å². The van der Waals surface area contributed by atoms with Crippen LogP contribution in [0.5, 0.6) is 0 Å². The highest BCUT2D eigenvalue weighted by Gasteiger charge is 2.25. The highest BCUT2D eigenvalue weighted by Crippen LogP contribution is 2.36. The fraction of sp³-hybridized carbons (Fsp3) is 0.640. The van der Waals surface area contributed by atoms with Crippen LogP contribution in [0, 0.1) is 11.8 Å². The van der Waals surface area contributed by atoms with Crippen molar-refractivity contribution in [3.8, 4) is 11.8 Å². The fourth-order valence-corrected chi connectivity index (χ4v) is 5.53. The number of fused-ring (bicyclic) bond motifs is 1. The second-order valence-electron chi connectivity index (χ2n) is 9.16. The van der Waals surface area contributed by atoms with Crippen molar-refractivity contribution in [2.24, 2.45) is 0 Å². The van der Waals surface area contributed by atoms with Crippen LogP contribution in [-0.2, 0) is 12.8 Å². The van der Waals surface area contributed by atoms with Crippen molar-refractivity contribution < 1.29 is 0 Å². The summed E-state index contributed by atoms with van der Waals surface area (Å²) >= 11 is 0. The summed E-state index contributed by atoms with van der Waals surface area (Å²) in [6.45, 7) is 0. The molecule has 2 fully saturated rings. The maximum atomic E-state index is 4.97. The van der Waals surface area contributed by atoms with Gasteiger partial charge in [-0.3, -0.25) is 0 Å². The molecule has 2 heterocycles. The number of hydrogen-bond donors (Lipinski definition) is 1. The van der Waals surface area contributed by atoms with Gasteiger partial charge >= 0.3 is 0 Å². The third kappa shape index (κ3) is 4.25. The van der Waals surface area contributed by atoms with Crippen molar-refractivity contribution in [2.75, 3.05) is 0 Å². The van der Waals surface area contributed by atoms with Crippen molar-refractivity contribution >= 4 is 0 Å². The van der Waals surface area contributed by atoms with Gasteiger partial charge in [0.2, 0.25) is 5.82 Å². The molecule has 0 unspecified atom stereocenters. The third-order valence-electron chi connectivity index (χ3n) is 7.12. The number of hydrogen-bond acceptors (Lipinski definition) is 3. The lowest BCUT2D eigenvalue weighted by molar-refractivity contribution is 0.433. The standard InChI is InChI=1S/C25H32N4/c1-2-5-10-18(9-4-1)22-17-26-23(28-22)15-16-24-27-21-14-8-13-20(21)25(29-24)19-11-6-3-7-12-19/h17-19H,1-14H2,(H,26,28). The quantitative estimate of drug-likeness (QED) is 0.540. The van der Waals surface area contributed by atoms with E-state index in [0.29, 0.717) is 17.7 Å². The summed E-state index contributed by atoms with van der Waals surface area (Å²) in [4.78, 5) is 17.8. The van der Waals surface area contributed by atoms with Crippen molar-refractivity contribution in [1.29, 1.82) is 0 Å². The molecule has 0 spiro atoms. The monoisotopic (exact) mass is 388 g/mol. The number of aromatic amines is 1. The van der Waals surface area contributed by atoms with E-state index in [2.05, 4.69) is 23.0 Å². The Morgan fingerprint density at radius 1 is 0.724 bits per heavy atom. The van der Waals surface area contributed by atoms with Crippen LogP contribution in [0.25, 0.3) is 0 Å². The summed E-state index contributed by atoms with van der Waals surface area (Å²) in [7, 11) is 0. The molecular weight excluding hydrogens is 356 g/mol. The third-order valence-corrected chi connectivity index (χ3v) is 7.12. The van der Waals surface area contributed by atoms with Gasteiger partial charge in [-0.05, 0) is 62.4 Å². The van der Waals surface area contributed by atoms with Gasteiger partial charge in [0.15, 0.2) is 5.82 Å². The minimum Gasteiger partial charge on any atom is -0.338 e. The molecule has 0 saturated heterocycles. The number of rotatable bonds is 2. The summed E-state index contributed by atoms with van der Waals surface area (Å²) in [5.41, 5.74) is 5.20. The molecule has 1 N–H and O–H groups in total. The predicted molar refractivity (Wildman–Crippen MR) is 115 cm³/mol. The van der Waals surface area contributed by atoms with Crippen molar-refractivity contribution in [1.82, 2.24) is 19.9 Å². The molecule has 152 valence electrons. The Morgan fingerprint density at radius 2 is 1.45 bits per heavy atom. The topological polar surface area (TPSA) is 54.5 Å². The van der Waals surface area contributed by atoms with E-state index in [0.717, 1.165) is 18.7 Å². The van der Waals surface area contributed by atoms with Crippen molar-refractivity contribution in [3.05, 3.63) is 40.5 Å². The van der Waals surface area contributed by atoms with Crippen LogP contribution < -0.4 is 0 Å². The van der Waals surface area contributed by atoms with E-state index in [9.17, 15) is 0 Å². The van der Waals surface area contributed by atoms with Gasteiger partial charge in [0.05, 0.1) is 11.4 Å². The van der Waals surface area contributed by atoms with E-state index in [-0.39, 0.29) is 0 Å². The van der Waals surface area contributed by atoms with E-state index < -0.39 is 0 Å². The molecule has 0 atom stereocenters. The van der Waals surface area contributed by atoms with Crippen LogP contribution in [0.2, 0.25) is 0 Å². The molecule has 4 nitrogen and oxygen atoms in total. The Kier molecular flexibility index (Phi) is 5.65. The van der Waals surface area contributed by atoms with Crippen LogP contribution in [-0.4, -0.2) is 19.9 Å². The summed E-state index contributed by atoms with van der Waals surface area (Å²) in [5.74, 6) is 9.11. The van der Waals surface area contributed by atoms with Gasteiger partial charge in [-0.1, -0.05) is 44.9 Å². The number of H-pyrrole nitrogens is 1. The first-order valence-electron chi connectivity index (χ1n) is 11.8. The average molecular weight is 389 g/mol. The molecule has 2 aromatic heterocycles. The minimum absolute atomic E-state index is 0.596. The SMILES string of the molecule is C(#Cc1nc(C2CCCCCC2)c[nH]1)c1nc2c(c(C3CCCCC3)n1)CCC2. The average Bonchev–Trinajstić information content (AvgIpc) is 3.35. The minimum atomic E-state index is 0.596. The maximum absolute atomic E-state index is 4.97. The van der Waals surface area contributed by atoms with Crippen molar-refractivity contribution in [3.63, 3.8) is 0 Å². The Morgan fingerprint density at radius 3 is 2.24 bits per heavy atom. The van der Waals surface area contributed by atoms with Crippen LogP contribution in [0.15, 0.2) is 6.20 Å². The number of imidazole rings is 1. The zero-order valence-corrected chi connectivity index (χ0v) is 17.5. The molecule has 0 amide bonds. The van der Waals surface area contributed by atoms with Crippen LogP contribution in [0.3, 0.4) is 0 Å². The predicted octanol–water partition coefficient (Wildman–Crippen LogP) is 5.57. The van der Waals surface area contributed by atoms with Crippen LogP contribution >= 0.6 is 0 Å². The van der Waals surface area contributed by atoms with Gasteiger partial charge in [-0.2, -0.15) is 0 Å². The summed E-state index contributed by atoms with van der Waals surface area (Å²) in [6.07, 6.45) is 20.0. The normalized spacial score (nSPS) is 20.7. The Bertz CT molecular complexity index is 903. The molecule has 0 bridgehead atoms. The van der Waals surface area contributed by atoms with E-state index in [4.69, 9.17) is 15.0 Å². The van der Waals surface area contributed by atoms with Gasteiger partial charge in [-0.15, -0.1) is 0 Å². The Hall–Kier alpha value is -2.15. The van der Waals surface area contributed by atoms with E-state index in [1.165, 1.54) is 99.7 Å². The van der Waals surface area contributed by atoms with Crippen LogP contribution in [0.4, 0.5) is 0 Å². The molecule has 5 rings (SSSR count). The second kappa shape index (κ2) is 8.69. The lowest BCUT2D eigenvalue weighted by atomic mass is 9.85. The molecular formula is C25H32N4. The first-order chi connectivity index (χ1) is 14.4. The molecule has 3 aliphatic carbocycles. The summed E-state index contributed by atoms with van der Waals surface area (Å²) in [6, 6.07) is 0. The number of nitrogens with zero attached hydrogens (tertiary/aromatic N) is 3. The molecule has 3 aliphatic rings. The van der Waals surface area contributed by atoms with Gasteiger partial charge < -0.3 is 4.98 Å². The molecule has 0 aliphatic heterocycles. The highest BCUT2D eigenvalue weighted by atomic mass is 14.9. The van der Waals surface area contributed by atoms with E-state index in [1.54, 1.807) is 0 Å². The van der Waals surface area contributed by atoms with E-state index >= 15 is 0 Å². The number of aromatic nitrogens is 4. The fourth-order valence-electron chi connectivity index (χ4n) is 5.53. The van der Waals surface area contributed by atoms with Crippen molar-refractivity contribution in [2.45, 2.75) is 102 Å². The zero-order chi connectivity index (χ0) is 19.5. The number of aryl methyl sites for hydroxylation is 1. The second-order valence-corrected chi connectivity index (χ2v) is 9.16. The van der Waals surface area contributed by atoms with Gasteiger partial charge in [0.1, 0.15) is 0 Å². The lowest BCUT2D eigenvalue weighted by Crippen LogP contribution is -2.12. The molecule has 0 aromatic carbocycles. The molecule has 4 heteroatoms. The molecule has 29 heavy (non-hydrogen) atoms. The van der Waals surface area contributed by atoms with Gasteiger partial charge in [0.25, 0.3) is 0 Å². The maximum Gasteiger partial charge on any atom is 0.205 e. The van der Waals surface area contributed by atoms with Gasteiger partial charge in [-0.25, -0.2) is 15.0 Å². The largest absolute Gasteiger partial charge is 0.338 e. The Balaban J connectivity index is 1.38. The summed E-state index contributed by atoms with van der Waals surface area (Å²) in [5, 5.41) is 0. The molecule has 2 saturated carbocycles. The lowest BCUT2D eigenvalue weighted by Gasteiger charge is -2.23. The summed E-state index contributed by atoms with van der Waals surface area (Å²) < 4.78 is 0. The Labute approximate surface area is 174 Å². The molecule has 2 aromatic rings. The highest BCUT2D eigenvalue weighted by molar-refractivity contribution is 5.38. The van der Waals surface area contributed by atoms with Crippen LogP contribution in [0.1, 0.15) is 123 Å². The van der Waals surface area contributed by atoms with Gasteiger partial charge in [0, 0.05) is 23.7 Å². The zero-order valence-electron chi connectivity index (χ0n) is 17.5. The smallest absolute Gasteiger partial charge is 0.205 e.